The number of aromatic nitrogens is 2. The molecule has 0 aromatic carbocycles. The molecular formula is C10H9Cl2N3O. The molecule has 1 aromatic heterocycles. The van der Waals surface area contributed by atoms with Crippen LogP contribution in [0.4, 0.5) is 5.82 Å². The first kappa shape index (κ1) is 11.4. The molecule has 1 aromatic rings. The lowest BCUT2D eigenvalue weighted by molar-refractivity contribution is -0.117. The number of halogens is 2. The van der Waals surface area contributed by atoms with Gasteiger partial charge >= 0.3 is 0 Å². The highest BCUT2D eigenvalue weighted by Crippen LogP contribution is 2.29. The third-order valence-corrected chi connectivity index (χ3v) is 2.89. The van der Waals surface area contributed by atoms with Gasteiger partial charge in [-0.3, -0.25) is 9.69 Å². The number of hydrogen-bond acceptors (Lipinski definition) is 3. The van der Waals surface area contributed by atoms with E-state index in [2.05, 4.69) is 16.5 Å². The zero-order chi connectivity index (χ0) is 11.7. The molecule has 16 heavy (non-hydrogen) atoms. The standard InChI is InChI=1S/C10H9Cl2N3O/c1-2-6-3-8(16)15(5-6)9-7(11)4-13-10(12)14-9/h2,4,6H,1,3,5H2. The minimum Gasteiger partial charge on any atom is -0.295 e. The van der Waals surface area contributed by atoms with E-state index in [9.17, 15) is 4.79 Å². The summed E-state index contributed by atoms with van der Waals surface area (Å²) in [5, 5.41) is 0.400. The Morgan fingerprint density at radius 1 is 1.56 bits per heavy atom. The van der Waals surface area contributed by atoms with Crippen LogP contribution in [0.5, 0.6) is 0 Å². The van der Waals surface area contributed by atoms with Crippen molar-refractivity contribution >= 4 is 34.9 Å². The van der Waals surface area contributed by atoms with Gasteiger partial charge in [-0.2, -0.15) is 4.98 Å². The molecule has 84 valence electrons. The Morgan fingerprint density at radius 2 is 2.31 bits per heavy atom. The zero-order valence-electron chi connectivity index (χ0n) is 8.36. The van der Waals surface area contributed by atoms with E-state index in [1.807, 2.05) is 0 Å². The van der Waals surface area contributed by atoms with Crippen molar-refractivity contribution in [3.8, 4) is 0 Å². The summed E-state index contributed by atoms with van der Waals surface area (Å²) in [5.74, 6) is 0.481. The molecule has 1 amide bonds. The molecular weight excluding hydrogens is 249 g/mol. The summed E-state index contributed by atoms with van der Waals surface area (Å²) in [6, 6.07) is 0. The summed E-state index contributed by atoms with van der Waals surface area (Å²) in [6.45, 7) is 4.21. The van der Waals surface area contributed by atoms with Crippen LogP contribution in [0.25, 0.3) is 0 Å². The van der Waals surface area contributed by atoms with Gasteiger partial charge < -0.3 is 0 Å². The van der Waals surface area contributed by atoms with Crippen LogP contribution < -0.4 is 4.90 Å². The van der Waals surface area contributed by atoms with Gasteiger partial charge in [-0.15, -0.1) is 6.58 Å². The van der Waals surface area contributed by atoms with Gasteiger partial charge in [0.2, 0.25) is 11.2 Å². The predicted octanol–water partition coefficient (Wildman–Crippen LogP) is 2.32. The maximum atomic E-state index is 11.7. The van der Waals surface area contributed by atoms with Gasteiger partial charge in [0.15, 0.2) is 5.82 Å². The van der Waals surface area contributed by atoms with Gasteiger partial charge in [0.1, 0.15) is 5.02 Å². The molecule has 0 saturated carbocycles. The van der Waals surface area contributed by atoms with Gasteiger partial charge in [-0.05, 0) is 11.6 Å². The Labute approximate surface area is 103 Å². The van der Waals surface area contributed by atoms with Crippen molar-refractivity contribution in [3.63, 3.8) is 0 Å². The summed E-state index contributed by atoms with van der Waals surface area (Å²) in [5.41, 5.74) is 0. The average Bonchev–Trinajstić information content (AvgIpc) is 2.63. The van der Waals surface area contributed by atoms with Crippen LogP contribution in [0.3, 0.4) is 0 Å². The molecule has 1 atom stereocenters. The fourth-order valence-corrected chi connectivity index (χ4v) is 1.95. The van der Waals surface area contributed by atoms with E-state index in [0.717, 1.165) is 0 Å². The van der Waals surface area contributed by atoms with Crippen molar-refractivity contribution < 1.29 is 4.79 Å². The third kappa shape index (κ3) is 2.03. The van der Waals surface area contributed by atoms with Crippen molar-refractivity contribution in [2.75, 3.05) is 11.4 Å². The fraction of sp³-hybridized carbons (Fsp3) is 0.300. The van der Waals surface area contributed by atoms with E-state index in [1.165, 1.54) is 11.1 Å². The molecule has 2 heterocycles. The second-order valence-electron chi connectivity index (χ2n) is 3.51. The molecule has 1 saturated heterocycles. The van der Waals surface area contributed by atoms with Gasteiger partial charge in [-0.1, -0.05) is 17.7 Å². The number of anilines is 1. The van der Waals surface area contributed by atoms with Crippen molar-refractivity contribution in [2.45, 2.75) is 6.42 Å². The molecule has 1 fully saturated rings. The Bertz CT molecular complexity index is 450. The van der Waals surface area contributed by atoms with E-state index >= 15 is 0 Å². The average molecular weight is 258 g/mol. The monoisotopic (exact) mass is 257 g/mol. The molecule has 0 bridgehead atoms. The van der Waals surface area contributed by atoms with E-state index in [-0.39, 0.29) is 17.1 Å². The Balaban J connectivity index is 2.34. The second kappa shape index (κ2) is 4.39. The van der Waals surface area contributed by atoms with E-state index in [0.29, 0.717) is 23.8 Å². The van der Waals surface area contributed by atoms with Crippen molar-refractivity contribution in [1.29, 1.82) is 0 Å². The lowest BCUT2D eigenvalue weighted by Crippen LogP contribution is -2.25. The molecule has 1 unspecified atom stereocenters. The number of hydrogen-bond donors (Lipinski definition) is 0. The Kier molecular flexibility index (Phi) is 3.12. The summed E-state index contributed by atoms with van der Waals surface area (Å²) in [4.78, 5) is 20.9. The van der Waals surface area contributed by atoms with Gasteiger partial charge in [0.05, 0.1) is 6.20 Å². The third-order valence-electron chi connectivity index (χ3n) is 2.44. The van der Waals surface area contributed by atoms with Crippen LogP contribution >= 0.6 is 23.2 Å². The minimum absolute atomic E-state index is 0.0263. The SMILES string of the molecule is C=CC1CC(=O)N(c2nc(Cl)ncc2Cl)C1. The van der Waals surface area contributed by atoms with Gasteiger partial charge in [0.25, 0.3) is 0 Å². The summed E-state index contributed by atoms with van der Waals surface area (Å²) >= 11 is 11.6. The van der Waals surface area contributed by atoms with E-state index in [4.69, 9.17) is 23.2 Å². The normalized spacial score (nSPS) is 20.2. The second-order valence-corrected chi connectivity index (χ2v) is 4.26. The lowest BCUT2D eigenvalue weighted by atomic mass is 10.1. The maximum absolute atomic E-state index is 11.7. The van der Waals surface area contributed by atoms with Crippen molar-refractivity contribution in [2.24, 2.45) is 5.92 Å². The number of amides is 1. The summed E-state index contributed by atoms with van der Waals surface area (Å²) in [7, 11) is 0. The predicted molar refractivity (Wildman–Crippen MR) is 62.7 cm³/mol. The lowest BCUT2D eigenvalue weighted by Gasteiger charge is -2.15. The highest BCUT2D eigenvalue weighted by molar-refractivity contribution is 6.34. The van der Waals surface area contributed by atoms with Crippen LogP contribution in [0.1, 0.15) is 6.42 Å². The molecule has 1 aliphatic rings. The quantitative estimate of drug-likeness (QED) is 0.604. The van der Waals surface area contributed by atoms with Gasteiger partial charge in [-0.25, -0.2) is 4.98 Å². The number of rotatable bonds is 2. The molecule has 0 spiro atoms. The highest BCUT2D eigenvalue weighted by atomic mass is 35.5. The van der Waals surface area contributed by atoms with Crippen LogP contribution in [0.15, 0.2) is 18.9 Å². The number of carbonyl (C=O) groups is 1. The molecule has 2 rings (SSSR count). The van der Waals surface area contributed by atoms with Crippen LogP contribution in [-0.4, -0.2) is 22.4 Å². The molecule has 0 radical (unpaired) electrons. The summed E-state index contributed by atoms with van der Waals surface area (Å²) < 4.78 is 0. The smallest absolute Gasteiger partial charge is 0.228 e. The van der Waals surface area contributed by atoms with Crippen LogP contribution in [0, 0.1) is 5.92 Å². The van der Waals surface area contributed by atoms with Crippen LogP contribution in [-0.2, 0) is 4.79 Å². The van der Waals surface area contributed by atoms with Crippen LogP contribution in [0.2, 0.25) is 10.3 Å². The first-order valence-corrected chi connectivity index (χ1v) is 5.48. The number of carbonyl (C=O) groups excluding carboxylic acids is 1. The first-order valence-electron chi connectivity index (χ1n) is 4.72. The van der Waals surface area contributed by atoms with Crippen molar-refractivity contribution in [3.05, 3.63) is 29.2 Å². The maximum Gasteiger partial charge on any atom is 0.228 e. The first-order chi connectivity index (χ1) is 7.61. The molecule has 1 aliphatic heterocycles. The van der Waals surface area contributed by atoms with E-state index < -0.39 is 0 Å². The minimum atomic E-state index is -0.0263. The molecule has 0 aliphatic carbocycles. The summed E-state index contributed by atoms with van der Waals surface area (Å²) in [6.07, 6.45) is 3.58. The van der Waals surface area contributed by atoms with E-state index in [1.54, 1.807) is 6.08 Å². The number of nitrogens with zero attached hydrogens (tertiary/aromatic N) is 3. The highest BCUT2D eigenvalue weighted by Gasteiger charge is 2.31. The Morgan fingerprint density at radius 3 is 2.94 bits per heavy atom. The fourth-order valence-electron chi connectivity index (χ4n) is 1.62. The van der Waals surface area contributed by atoms with Crippen molar-refractivity contribution in [1.82, 2.24) is 9.97 Å². The molecule has 0 N–H and O–H groups in total. The molecule has 4 nitrogen and oxygen atoms in total. The van der Waals surface area contributed by atoms with Gasteiger partial charge in [0, 0.05) is 18.9 Å². The topological polar surface area (TPSA) is 46.1 Å². The zero-order valence-corrected chi connectivity index (χ0v) is 9.87. The Hall–Kier alpha value is -1.13. The largest absolute Gasteiger partial charge is 0.295 e. The molecule has 6 heteroatoms.